The molecule has 112 valence electrons. The Kier molecular flexibility index (Phi) is 5.97. The SMILES string of the molecule is CCOC(=O)CCCNCc1cn[nH]c1-c1ccccc1. The van der Waals surface area contributed by atoms with Crippen molar-refractivity contribution in [3.05, 3.63) is 42.1 Å². The van der Waals surface area contributed by atoms with Crippen LogP contribution in [0.5, 0.6) is 0 Å². The highest BCUT2D eigenvalue weighted by Crippen LogP contribution is 2.20. The predicted octanol–water partition coefficient (Wildman–Crippen LogP) is 2.51. The summed E-state index contributed by atoms with van der Waals surface area (Å²) in [6.45, 7) is 3.77. The third kappa shape index (κ3) is 4.72. The molecule has 5 heteroatoms. The Bertz CT molecular complexity index is 552. The maximum Gasteiger partial charge on any atom is 0.305 e. The van der Waals surface area contributed by atoms with E-state index in [1.807, 2.05) is 31.3 Å². The topological polar surface area (TPSA) is 67.0 Å². The van der Waals surface area contributed by atoms with Crippen molar-refractivity contribution in [2.24, 2.45) is 0 Å². The molecule has 0 aliphatic carbocycles. The molecule has 0 aliphatic heterocycles. The van der Waals surface area contributed by atoms with Gasteiger partial charge in [-0.3, -0.25) is 9.89 Å². The Balaban J connectivity index is 1.77. The lowest BCUT2D eigenvalue weighted by Gasteiger charge is -2.06. The van der Waals surface area contributed by atoms with Crippen molar-refractivity contribution in [3.8, 4) is 11.3 Å². The summed E-state index contributed by atoms with van der Waals surface area (Å²) >= 11 is 0. The number of hydrogen-bond donors (Lipinski definition) is 2. The van der Waals surface area contributed by atoms with Gasteiger partial charge in [-0.1, -0.05) is 30.3 Å². The molecule has 0 aliphatic rings. The molecule has 21 heavy (non-hydrogen) atoms. The number of aromatic amines is 1. The normalized spacial score (nSPS) is 10.5. The predicted molar refractivity (Wildman–Crippen MR) is 81.6 cm³/mol. The van der Waals surface area contributed by atoms with Crippen LogP contribution in [0.4, 0.5) is 0 Å². The lowest BCUT2D eigenvalue weighted by molar-refractivity contribution is -0.143. The Morgan fingerprint density at radius 3 is 2.90 bits per heavy atom. The summed E-state index contributed by atoms with van der Waals surface area (Å²) in [7, 11) is 0. The highest BCUT2D eigenvalue weighted by atomic mass is 16.5. The first-order valence-electron chi connectivity index (χ1n) is 7.25. The van der Waals surface area contributed by atoms with Crippen molar-refractivity contribution >= 4 is 5.97 Å². The van der Waals surface area contributed by atoms with E-state index in [-0.39, 0.29) is 5.97 Å². The van der Waals surface area contributed by atoms with Gasteiger partial charge in [0, 0.05) is 18.5 Å². The zero-order valence-corrected chi connectivity index (χ0v) is 12.3. The van der Waals surface area contributed by atoms with E-state index >= 15 is 0 Å². The second-order valence-electron chi connectivity index (χ2n) is 4.72. The molecule has 0 fully saturated rings. The molecule has 2 aromatic rings. The van der Waals surface area contributed by atoms with Gasteiger partial charge in [0.15, 0.2) is 0 Å². The van der Waals surface area contributed by atoms with Gasteiger partial charge >= 0.3 is 5.97 Å². The first-order valence-corrected chi connectivity index (χ1v) is 7.25. The molecule has 2 N–H and O–H groups in total. The van der Waals surface area contributed by atoms with Crippen LogP contribution in [-0.2, 0) is 16.1 Å². The van der Waals surface area contributed by atoms with Crippen molar-refractivity contribution in [2.45, 2.75) is 26.3 Å². The molecule has 2 rings (SSSR count). The van der Waals surface area contributed by atoms with E-state index in [0.29, 0.717) is 13.0 Å². The van der Waals surface area contributed by atoms with Gasteiger partial charge in [-0.25, -0.2) is 0 Å². The van der Waals surface area contributed by atoms with Gasteiger partial charge in [0.25, 0.3) is 0 Å². The third-order valence-corrected chi connectivity index (χ3v) is 3.14. The highest BCUT2D eigenvalue weighted by molar-refractivity contribution is 5.69. The molecule has 0 spiro atoms. The highest BCUT2D eigenvalue weighted by Gasteiger charge is 2.07. The van der Waals surface area contributed by atoms with Gasteiger partial charge in [0.1, 0.15) is 0 Å². The molecule has 0 bridgehead atoms. The lowest BCUT2D eigenvalue weighted by Crippen LogP contribution is -2.16. The Hall–Kier alpha value is -2.14. The standard InChI is InChI=1S/C16H21N3O2/c1-2-21-15(20)9-6-10-17-11-14-12-18-19-16(14)13-7-4-3-5-8-13/h3-5,7-8,12,17H,2,6,9-11H2,1H3,(H,18,19). The summed E-state index contributed by atoms with van der Waals surface area (Å²) in [6, 6.07) is 10.1. The van der Waals surface area contributed by atoms with E-state index in [1.165, 1.54) is 0 Å². The average Bonchev–Trinajstić information content (AvgIpc) is 2.96. The van der Waals surface area contributed by atoms with Crippen molar-refractivity contribution in [3.63, 3.8) is 0 Å². The van der Waals surface area contributed by atoms with E-state index in [0.717, 1.165) is 36.3 Å². The maximum atomic E-state index is 11.2. The molecular formula is C16H21N3O2. The zero-order valence-electron chi connectivity index (χ0n) is 12.3. The van der Waals surface area contributed by atoms with E-state index in [4.69, 9.17) is 4.74 Å². The van der Waals surface area contributed by atoms with Gasteiger partial charge in [-0.2, -0.15) is 5.10 Å². The van der Waals surface area contributed by atoms with Gasteiger partial charge in [0.2, 0.25) is 0 Å². The van der Waals surface area contributed by atoms with Crippen LogP contribution < -0.4 is 5.32 Å². The molecular weight excluding hydrogens is 266 g/mol. The summed E-state index contributed by atoms with van der Waals surface area (Å²) in [5.41, 5.74) is 3.28. The zero-order chi connectivity index (χ0) is 14.9. The van der Waals surface area contributed by atoms with Crippen LogP contribution in [0.25, 0.3) is 11.3 Å². The minimum absolute atomic E-state index is 0.132. The number of carbonyl (C=O) groups excluding carboxylic acids is 1. The number of benzene rings is 1. The Morgan fingerprint density at radius 1 is 1.33 bits per heavy atom. The summed E-state index contributed by atoms with van der Waals surface area (Å²) in [5.74, 6) is -0.132. The number of rotatable bonds is 8. The molecule has 0 unspecified atom stereocenters. The number of ether oxygens (including phenoxy) is 1. The minimum Gasteiger partial charge on any atom is -0.466 e. The van der Waals surface area contributed by atoms with Crippen molar-refractivity contribution in [1.82, 2.24) is 15.5 Å². The van der Waals surface area contributed by atoms with Crippen LogP contribution in [0.2, 0.25) is 0 Å². The van der Waals surface area contributed by atoms with Crippen molar-refractivity contribution in [2.75, 3.05) is 13.2 Å². The van der Waals surface area contributed by atoms with Gasteiger partial charge in [-0.15, -0.1) is 0 Å². The van der Waals surface area contributed by atoms with Crippen molar-refractivity contribution in [1.29, 1.82) is 0 Å². The average molecular weight is 287 g/mol. The summed E-state index contributed by atoms with van der Waals surface area (Å²) < 4.78 is 4.89. The lowest BCUT2D eigenvalue weighted by atomic mass is 10.1. The third-order valence-electron chi connectivity index (χ3n) is 3.14. The largest absolute Gasteiger partial charge is 0.466 e. The van der Waals surface area contributed by atoms with E-state index in [2.05, 4.69) is 27.6 Å². The van der Waals surface area contributed by atoms with Crippen molar-refractivity contribution < 1.29 is 9.53 Å². The van der Waals surface area contributed by atoms with Gasteiger partial charge in [-0.05, 0) is 25.5 Å². The quantitative estimate of drug-likeness (QED) is 0.578. The molecule has 5 nitrogen and oxygen atoms in total. The summed E-state index contributed by atoms with van der Waals surface area (Å²) in [5, 5.41) is 10.5. The number of aromatic nitrogens is 2. The number of nitrogens with one attached hydrogen (secondary N) is 2. The molecule has 1 heterocycles. The van der Waals surface area contributed by atoms with Gasteiger partial charge < -0.3 is 10.1 Å². The second kappa shape index (κ2) is 8.21. The van der Waals surface area contributed by atoms with Crippen LogP contribution in [-0.4, -0.2) is 29.3 Å². The second-order valence-corrected chi connectivity index (χ2v) is 4.72. The maximum absolute atomic E-state index is 11.2. The Morgan fingerprint density at radius 2 is 2.14 bits per heavy atom. The fourth-order valence-corrected chi connectivity index (χ4v) is 2.11. The molecule has 0 saturated heterocycles. The molecule has 0 atom stereocenters. The monoisotopic (exact) mass is 287 g/mol. The summed E-state index contributed by atoms with van der Waals surface area (Å²) in [4.78, 5) is 11.2. The number of H-pyrrole nitrogens is 1. The van der Waals surface area contributed by atoms with E-state index in [1.54, 1.807) is 0 Å². The first kappa shape index (κ1) is 15.3. The van der Waals surface area contributed by atoms with Crippen LogP contribution in [0.3, 0.4) is 0 Å². The molecule has 0 radical (unpaired) electrons. The molecule has 0 amide bonds. The Labute approximate surface area is 124 Å². The molecule has 1 aromatic heterocycles. The van der Waals surface area contributed by atoms with Crippen LogP contribution in [0.1, 0.15) is 25.3 Å². The van der Waals surface area contributed by atoms with Crippen LogP contribution in [0, 0.1) is 0 Å². The number of carbonyl (C=O) groups is 1. The fourth-order valence-electron chi connectivity index (χ4n) is 2.11. The first-order chi connectivity index (χ1) is 10.3. The summed E-state index contributed by atoms with van der Waals surface area (Å²) in [6.07, 6.45) is 3.07. The fraction of sp³-hybridized carbons (Fsp3) is 0.375. The van der Waals surface area contributed by atoms with Crippen LogP contribution in [0.15, 0.2) is 36.5 Å². The minimum atomic E-state index is -0.132. The van der Waals surface area contributed by atoms with Gasteiger partial charge in [0.05, 0.1) is 18.5 Å². The number of nitrogens with zero attached hydrogens (tertiary/aromatic N) is 1. The number of esters is 1. The van der Waals surface area contributed by atoms with E-state index < -0.39 is 0 Å². The van der Waals surface area contributed by atoms with E-state index in [9.17, 15) is 4.79 Å². The number of hydrogen-bond acceptors (Lipinski definition) is 4. The molecule has 0 saturated carbocycles. The smallest absolute Gasteiger partial charge is 0.305 e. The molecule has 1 aromatic carbocycles. The van der Waals surface area contributed by atoms with Crippen LogP contribution >= 0.6 is 0 Å².